The fourth-order valence-electron chi connectivity index (χ4n) is 5.29. The lowest BCUT2D eigenvalue weighted by Crippen LogP contribution is -2.70. The maximum Gasteiger partial charge on any atom is 0.159 e. The van der Waals surface area contributed by atoms with Crippen molar-refractivity contribution in [1.29, 1.82) is 0 Å². The molecule has 3 aromatic rings. The van der Waals surface area contributed by atoms with Crippen LogP contribution in [-0.2, 0) is 0 Å². The second-order valence-corrected chi connectivity index (χ2v) is 12.4. The van der Waals surface area contributed by atoms with Crippen LogP contribution < -0.4 is 15.6 Å². The van der Waals surface area contributed by atoms with Gasteiger partial charge in [0.05, 0.1) is 0 Å². The van der Waals surface area contributed by atoms with Crippen LogP contribution in [0.15, 0.2) is 107 Å². The summed E-state index contributed by atoms with van der Waals surface area (Å²) in [5, 5.41) is 4.48. The average Bonchev–Trinajstić information content (AvgIpc) is 2.94. The molecule has 0 saturated carbocycles. The van der Waals surface area contributed by atoms with E-state index in [-0.39, 0.29) is 0 Å². The molecule has 1 aliphatic rings. The summed E-state index contributed by atoms with van der Waals surface area (Å²) < 4.78 is 0. The first-order valence-electron chi connectivity index (χ1n) is 10.5. The van der Waals surface area contributed by atoms with E-state index in [4.69, 9.17) is 0 Å². The summed E-state index contributed by atoms with van der Waals surface area (Å²) >= 11 is 0. The first-order chi connectivity index (χ1) is 14.0. The van der Waals surface area contributed by atoms with E-state index in [0.29, 0.717) is 5.54 Å². The van der Waals surface area contributed by atoms with E-state index in [0.717, 1.165) is 0 Å². The van der Waals surface area contributed by atoms with E-state index in [2.05, 4.69) is 120 Å². The van der Waals surface area contributed by atoms with Crippen LogP contribution in [0.2, 0.25) is 5.54 Å². The summed E-state index contributed by atoms with van der Waals surface area (Å²) in [6.45, 7) is 11.6. The second-order valence-electron chi connectivity index (χ2n) is 8.46. The van der Waals surface area contributed by atoms with Gasteiger partial charge < -0.3 is 0 Å². The van der Waals surface area contributed by atoms with Crippen molar-refractivity contribution in [3.8, 4) is 0 Å². The van der Waals surface area contributed by atoms with E-state index >= 15 is 0 Å². The molecule has 0 N–H and O–H groups in total. The quantitative estimate of drug-likeness (QED) is 0.404. The molecule has 0 spiro atoms. The van der Waals surface area contributed by atoms with Crippen LogP contribution in [0.4, 0.5) is 0 Å². The van der Waals surface area contributed by atoms with Crippen LogP contribution in [0.1, 0.15) is 33.3 Å². The van der Waals surface area contributed by atoms with Gasteiger partial charge in [-0.2, -0.15) is 0 Å². The van der Waals surface area contributed by atoms with Crippen LogP contribution in [0.5, 0.6) is 0 Å². The van der Waals surface area contributed by atoms with E-state index in [1.807, 2.05) is 0 Å². The van der Waals surface area contributed by atoms with Crippen LogP contribution in [-0.4, -0.2) is 8.07 Å². The molecule has 3 aromatic carbocycles. The first-order valence-corrected chi connectivity index (χ1v) is 12.6. The monoisotopic (exact) mass is 394 g/mol. The summed E-state index contributed by atoms with van der Waals surface area (Å²) in [5.74, 6) is 0. The molecule has 0 aliphatic heterocycles. The minimum Gasteiger partial charge on any atom is -0.0647 e. The summed E-state index contributed by atoms with van der Waals surface area (Å²) in [4.78, 5) is 0. The standard InChI is InChI=1S/C28H30Si/c1-20-13-12-18-27(19-20)29(25-14-8-6-9-15-25,26-16-10-7-11-17-26)28-23(4)21(2)22(3)24(28)5/h6-19,28H,1-5H3. The Balaban J connectivity index is 2.17. The Morgan fingerprint density at radius 3 is 1.41 bits per heavy atom. The minimum absolute atomic E-state index is 0.439. The highest BCUT2D eigenvalue weighted by Crippen LogP contribution is 2.46. The highest BCUT2D eigenvalue weighted by atomic mass is 28.3. The van der Waals surface area contributed by atoms with Gasteiger partial charge in [-0.1, -0.05) is 102 Å². The zero-order valence-corrected chi connectivity index (χ0v) is 19.2. The van der Waals surface area contributed by atoms with E-state index in [9.17, 15) is 0 Å². The third kappa shape index (κ3) is 3.05. The second kappa shape index (κ2) is 7.65. The first kappa shape index (κ1) is 19.7. The number of rotatable bonds is 4. The molecule has 29 heavy (non-hydrogen) atoms. The molecule has 0 nitrogen and oxygen atoms in total. The molecule has 0 unspecified atom stereocenters. The van der Waals surface area contributed by atoms with Crippen molar-refractivity contribution in [3.63, 3.8) is 0 Å². The smallest absolute Gasteiger partial charge is 0.0647 e. The summed E-state index contributed by atoms with van der Waals surface area (Å²) in [5.41, 5.74) is 7.81. The van der Waals surface area contributed by atoms with Crippen molar-refractivity contribution in [3.05, 3.63) is 113 Å². The molecular weight excluding hydrogens is 364 g/mol. The highest BCUT2D eigenvalue weighted by Gasteiger charge is 2.50. The number of allylic oxidation sites excluding steroid dienone is 4. The Morgan fingerprint density at radius 1 is 0.517 bits per heavy atom. The summed E-state index contributed by atoms with van der Waals surface area (Å²) in [7, 11) is -2.35. The Hall–Kier alpha value is -2.64. The van der Waals surface area contributed by atoms with Crippen molar-refractivity contribution >= 4 is 23.6 Å². The fraction of sp³-hybridized carbons (Fsp3) is 0.214. The molecular formula is C28H30Si. The number of aryl methyl sites for hydroxylation is 1. The Kier molecular flexibility index (Phi) is 5.18. The van der Waals surface area contributed by atoms with Crippen LogP contribution >= 0.6 is 0 Å². The molecule has 0 aromatic heterocycles. The van der Waals surface area contributed by atoms with Crippen molar-refractivity contribution in [2.75, 3.05) is 0 Å². The molecule has 0 saturated heterocycles. The van der Waals surface area contributed by atoms with Gasteiger partial charge in [-0.25, -0.2) is 0 Å². The van der Waals surface area contributed by atoms with Crippen molar-refractivity contribution in [2.24, 2.45) is 0 Å². The molecule has 1 heteroatoms. The van der Waals surface area contributed by atoms with Gasteiger partial charge in [0, 0.05) is 5.54 Å². The minimum atomic E-state index is -2.35. The van der Waals surface area contributed by atoms with Gasteiger partial charge in [-0.05, 0) is 61.3 Å². The number of hydrogen-bond acceptors (Lipinski definition) is 0. The van der Waals surface area contributed by atoms with E-state index in [1.54, 1.807) is 11.1 Å². The largest absolute Gasteiger partial charge is 0.159 e. The van der Waals surface area contributed by atoms with Gasteiger partial charge >= 0.3 is 0 Å². The Labute approximate surface area is 176 Å². The lowest BCUT2D eigenvalue weighted by atomic mass is 10.1. The predicted octanol–water partition coefficient (Wildman–Crippen LogP) is 5.52. The van der Waals surface area contributed by atoms with Crippen LogP contribution in [0, 0.1) is 6.92 Å². The third-order valence-corrected chi connectivity index (χ3v) is 12.4. The van der Waals surface area contributed by atoms with Gasteiger partial charge in [0.15, 0.2) is 8.07 Å². The molecule has 0 radical (unpaired) electrons. The van der Waals surface area contributed by atoms with Crippen LogP contribution in [0.3, 0.4) is 0 Å². The SMILES string of the molecule is CC1=C(C)C([Si](c2ccccc2)(c2ccccc2)c2cccc(C)c2)C(C)=C1C. The predicted molar refractivity (Wildman–Crippen MR) is 129 cm³/mol. The highest BCUT2D eigenvalue weighted by molar-refractivity contribution is 7.13. The molecule has 0 bridgehead atoms. The molecule has 0 heterocycles. The van der Waals surface area contributed by atoms with Gasteiger partial charge in [0.1, 0.15) is 0 Å². The molecule has 1 aliphatic carbocycles. The fourth-order valence-corrected chi connectivity index (χ4v) is 11.3. The van der Waals surface area contributed by atoms with Crippen molar-refractivity contribution < 1.29 is 0 Å². The maximum absolute atomic E-state index is 2.44. The zero-order chi connectivity index (χ0) is 20.6. The number of hydrogen-bond donors (Lipinski definition) is 0. The normalized spacial score (nSPS) is 15.3. The zero-order valence-electron chi connectivity index (χ0n) is 18.2. The summed E-state index contributed by atoms with van der Waals surface area (Å²) in [6.07, 6.45) is 0. The maximum atomic E-state index is 2.44. The topological polar surface area (TPSA) is 0 Å². The van der Waals surface area contributed by atoms with Gasteiger partial charge in [-0.3, -0.25) is 0 Å². The van der Waals surface area contributed by atoms with Crippen molar-refractivity contribution in [1.82, 2.24) is 0 Å². The third-order valence-electron chi connectivity index (χ3n) is 6.98. The van der Waals surface area contributed by atoms with Gasteiger partial charge in [0.25, 0.3) is 0 Å². The molecule has 146 valence electrons. The van der Waals surface area contributed by atoms with Gasteiger partial charge in [0.2, 0.25) is 0 Å². The lowest BCUT2D eigenvalue weighted by Gasteiger charge is -2.41. The Bertz CT molecular complexity index is 1020. The van der Waals surface area contributed by atoms with Crippen molar-refractivity contribution in [2.45, 2.75) is 40.2 Å². The lowest BCUT2D eigenvalue weighted by molar-refractivity contribution is 1.09. The summed E-state index contributed by atoms with van der Waals surface area (Å²) in [6, 6.07) is 31.9. The molecule has 0 amide bonds. The molecule has 0 fully saturated rings. The van der Waals surface area contributed by atoms with Crippen LogP contribution in [0.25, 0.3) is 0 Å². The molecule has 4 rings (SSSR count). The average molecular weight is 395 g/mol. The van der Waals surface area contributed by atoms with Gasteiger partial charge in [-0.15, -0.1) is 0 Å². The van der Waals surface area contributed by atoms with E-state index in [1.165, 1.54) is 32.3 Å². The molecule has 0 atom stereocenters. The van der Waals surface area contributed by atoms with E-state index < -0.39 is 8.07 Å². The number of benzene rings is 3. The Morgan fingerprint density at radius 2 is 0.966 bits per heavy atom.